The average molecular weight is 567 g/mol. The molecule has 0 saturated carbocycles. The van der Waals surface area contributed by atoms with Crippen molar-refractivity contribution >= 4 is 23.2 Å². The second-order valence-corrected chi connectivity index (χ2v) is 11.0. The number of unbranched alkanes of at least 4 members (excludes halogenated alkanes) is 13. The van der Waals surface area contributed by atoms with Gasteiger partial charge in [-0.05, 0) is 51.5 Å². The van der Waals surface area contributed by atoms with Crippen LogP contribution in [0.4, 0.5) is 5.69 Å². The van der Waals surface area contributed by atoms with Gasteiger partial charge in [-0.3, -0.25) is 9.89 Å². The maximum absolute atomic E-state index is 13.0. The Bertz CT molecular complexity index is 1210. The normalized spacial score (nSPS) is 11.2. The number of carbonyl (C=O) groups is 2. The van der Waals surface area contributed by atoms with Gasteiger partial charge in [0.2, 0.25) is 0 Å². The van der Waals surface area contributed by atoms with Gasteiger partial charge in [0.15, 0.2) is 11.3 Å². The van der Waals surface area contributed by atoms with Gasteiger partial charge in [-0.2, -0.15) is 0 Å². The van der Waals surface area contributed by atoms with Gasteiger partial charge in [0.1, 0.15) is 11.3 Å². The van der Waals surface area contributed by atoms with Crippen LogP contribution in [0.5, 0.6) is 5.75 Å². The van der Waals surface area contributed by atoms with Crippen LogP contribution in [-0.2, 0) is 4.74 Å². The number of aryl methyl sites for hydroxylation is 2. The molecule has 0 saturated heterocycles. The number of amides is 1. The van der Waals surface area contributed by atoms with E-state index in [1.807, 2.05) is 24.3 Å². The molecule has 8 nitrogen and oxygen atoms in total. The summed E-state index contributed by atoms with van der Waals surface area (Å²) < 4.78 is 12.7. The van der Waals surface area contributed by atoms with Crippen molar-refractivity contribution in [3.05, 3.63) is 46.9 Å². The third kappa shape index (κ3) is 9.94. The number of aromatic nitrogens is 3. The number of anilines is 1. The van der Waals surface area contributed by atoms with Crippen LogP contribution in [0.2, 0.25) is 0 Å². The molecule has 0 fully saturated rings. The number of benzene rings is 1. The number of nitrogens with one attached hydrogen (secondary N) is 2. The fourth-order valence-corrected chi connectivity index (χ4v) is 5.17. The van der Waals surface area contributed by atoms with Crippen LogP contribution in [0.15, 0.2) is 24.3 Å². The number of nitrogens with zero attached hydrogens (tertiary/aromatic N) is 2. The first-order valence-electron chi connectivity index (χ1n) is 15.7. The first-order valence-corrected chi connectivity index (χ1v) is 15.7. The zero-order valence-corrected chi connectivity index (χ0v) is 25.7. The van der Waals surface area contributed by atoms with E-state index in [-0.39, 0.29) is 18.2 Å². The van der Waals surface area contributed by atoms with Gasteiger partial charge in [-0.15, -0.1) is 0 Å². The van der Waals surface area contributed by atoms with Gasteiger partial charge in [-0.1, -0.05) is 90.4 Å². The highest BCUT2D eigenvalue weighted by molar-refractivity contribution is 6.05. The Labute approximate surface area is 245 Å². The Morgan fingerprint density at radius 2 is 1.39 bits per heavy atom. The van der Waals surface area contributed by atoms with E-state index in [9.17, 15) is 9.59 Å². The maximum atomic E-state index is 13.0. The van der Waals surface area contributed by atoms with Crippen LogP contribution >= 0.6 is 0 Å². The third-order valence-electron chi connectivity index (χ3n) is 7.56. The fourth-order valence-electron chi connectivity index (χ4n) is 5.17. The van der Waals surface area contributed by atoms with E-state index in [1.54, 1.807) is 25.3 Å². The van der Waals surface area contributed by atoms with E-state index in [0.29, 0.717) is 34.9 Å². The molecule has 41 heavy (non-hydrogen) atoms. The summed E-state index contributed by atoms with van der Waals surface area (Å²) in [6.45, 7) is 8.56. The molecule has 0 aliphatic carbocycles. The average Bonchev–Trinajstić information content (AvgIpc) is 3.46. The van der Waals surface area contributed by atoms with Gasteiger partial charge in [0, 0.05) is 11.4 Å². The highest BCUT2D eigenvalue weighted by atomic mass is 16.5. The number of aromatic amines is 1. The standard InChI is InChI=1S/C33H50N4O4/c1-5-7-8-9-10-11-12-13-14-15-16-17-18-19-24-41-28-22-20-27(21-23-28)34-32(38)30-26(4)37-31(35-30)29(25(3)36-37)33(39)40-6-2/h20-23,36H,5-19,24H2,1-4H3,(H,34,38). The van der Waals surface area contributed by atoms with Crippen LogP contribution in [-0.4, -0.2) is 39.7 Å². The van der Waals surface area contributed by atoms with E-state index in [4.69, 9.17) is 9.47 Å². The van der Waals surface area contributed by atoms with Crippen molar-refractivity contribution < 1.29 is 19.1 Å². The van der Waals surface area contributed by atoms with Crippen molar-refractivity contribution in [1.82, 2.24) is 14.6 Å². The zero-order valence-electron chi connectivity index (χ0n) is 25.7. The quantitative estimate of drug-likeness (QED) is 0.105. The zero-order chi connectivity index (χ0) is 29.5. The number of hydrogen-bond acceptors (Lipinski definition) is 5. The number of ether oxygens (including phenoxy) is 2. The fraction of sp³-hybridized carbons (Fsp3) is 0.606. The molecule has 0 atom stereocenters. The number of imidazole rings is 1. The van der Waals surface area contributed by atoms with E-state index in [1.165, 1.54) is 83.5 Å². The van der Waals surface area contributed by atoms with Crippen molar-refractivity contribution in [2.24, 2.45) is 0 Å². The summed E-state index contributed by atoms with van der Waals surface area (Å²) in [4.78, 5) is 29.8. The van der Waals surface area contributed by atoms with Crippen molar-refractivity contribution in [1.29, 1.82) is 0 Å². The molecule has 8 heteroatoms. The summed E-state index contributed by atoms with van der Waals surface area (Å²) in [5.74, 6) is -0.0141. The van der Waals surface area contributed by atoms with Crippen LogP contribution in [0.1, 0.15) is 136 Å². The summed E-state index contributed by atoms with van der Waals surface area (Å²) in [5, 5.41) is 5.98. The molecule has 0 bridgehead atoms. The van der Waals surface area contributed by atoms with E-state index in [0.717, 1.165) is 12.2 Å². The minimum atomic E-state index is -0.460. The van der Waals surface area contributed by atoms with Crippen molar-refractivity contribution in [3.63, 3.8) is 0 Å². The van der Waals surface area contributed by atoms with E-state index < -0.39 is 5.97 Å². The number of hydrogen-bond donors (Lipinski definition) is 2. The molecule has 0 spiro atoms. The second kappa shape index (κ2) is 17.5. The van der Waals surface area contributed by atoms with Gasteiger partial charge in [0.25, 0.3) is 5.91 Å². The molecule has 1 amide bonds. The predicted octanol–water partition coefficient (Wildman–Crippen LogP) is 8.57. The molecular weight excluding hydrogens is 516 g/mol. The summed E-state index contributed by atoms with van der Waals surface area (Å²) in [6, 6.07) is 7.38. The first-order chi connectivity index (χ1) is 20.0. The number of H-pyrrole nitrogens is 1. The molecule has 0 aliphatic heterocycles. The molecule has 226 valence electrons. The van der Waals surface area contributed by atoms with Gasteiger partial charge < -0.3 is 14.8 Å². The Morgan fingerprint density at radius 1 is 0.829 bits per heavy atom. The SMILES string of the molecule is CCCCCCCCCCCCCCCCOc1ccc(NC(=O)c2nc3c(C(=O)OCC)c(C)[nH]n3c2C)cc1. The summed E-state index contributed by atoms with van der Waals surface area (Å²) >= 11 is 0. The maximum Gasteiger partial charge on any atom is 0.343 e. The highest BCUT2D eigenvalue weighted by Gasteiger charge is 2.25. The molecule has 1 aromatic carbocycles. The molecule has 3 rings (SSSR count). The molecular formula is C33H50N4O4. The summed E-state index contributed by atoms with van der Waals surface area (Å²) in [7, 11) is 0. The smallest absolute Gasteiger partial charge is 0.343 e. The summed E-state index contributed by atoms with van der Waals surface area (Å²) in [5.41, 5.74) is 2.89. The minimum absolute atomic E-state index is 0.250. The molecule has 2 aromatic heterocycles. The Hall–Kier alpha value is -3.29. The Morgan fingerprint density at radius 3 is 1.95 bits per heavy atom. The molecule has 0 radical (unpaired) electrons. The lowest BCUT2D eigenvalue weighted by atomic mass is 10.0. The predicted molar refractivity (Wildman–Crippen MR) is 165 cm³/mol. The van der Waals surface area contributed by atoms with Crippen LogP contribution in [0.25, 0.3) is 5.65 Å². The van der Waals surface area contributed by atoms with Crippen LogP contribution in [0, 0.1) is 13.8 Å². The lowest BCUT2D eigenvalue weighted by Crippen LogP contribution is -2.14. The van der Waals surface area contributed by atoms with Crippen molar-refractivity contribution in [2.45, 2.75) is 118 Å². The van der Waals surface area contributed by atoms with Gasteiger partial charge in [-0.25, -0.2) is 14.3 Å². The molecule has 2 heterocycles. The summed E-state index contributed by atoms with van der Waals surface area (Å²) in [6.07, 6.45) is 18.7. The van der Waals surface area contributed by atoms with Crippen molar-refractivity contribution in [3.8, 4) is 5.75 Å². The minimum Gasteiger partial charge on any atom is -0.494 e. The third-order valence-corrected chi connectivity index (χ3v) is 7.56. The molecule has 0 unspecified atom stereocenters. The first kappa shape index (κ1) is 32.2. The van der Waals surface area contributed by atoms with Crippen LogP contribution < -0.4 is 10.1 Å². The lowest BCUT2D eigenvalue weighted by molar-refractivity contribution is 0.0527. The second-order valence-electron chi connectivity index (χ2n) is 11.0. The molecule has 0 aliphatic rings. The monoisotopic (exact) mass is 566 g/mol. The van der Waals surface area contributed by atoms with Crippen LogP contribution in [0.3, 0.4) is 0 Å². The Kier molecular flexibility index (Phi) is 13.8. The van der Waals surface area contributed by atoms with E-state index >= 15 is 0 Å². The molecule has 3 aromatic rings. The number of esters is 1. The topological polar surface area (TPSA) is 97.7 Å². The largest absolute Gasteiger partial charge is 0.494 e. The number of carbonyl (C=O) groups excluding carboxylic acids is 2. The number of fused-ring (bicyclic) bond motifs is 1. The van der Waals surface area contributed by atoms with E-state index in [2.05, 4.69) is 22.3 Å². The van der Waals surface area contributed by atoms with Crippen molar-refractivity contribution in [2.75, 3.05) is 18.5 Å². The Balaban J connectivity index is 1.32. The van der Waals surface area contributed by atoms with Gasteiger partial charge in [0.05, 0.1) is 18.9 Å². The lowest BCUT2D eigenvalue weighted by Gasteiger charge is -2.08. The van der Waals surface area contributed by atoms with Gasteiger partial charge >= 0.3 is 5.97 Å². The molecule has 2 N–H and O–H groups in total. The number of rotatable bonds is 20. The highest BCUT2D eigenvalue weighted by Crippen LogP contribution is 2.22.